The van der Waals surface area contributed by atoms with E-state index in [4.69, 9.17) is 4.74 Å². The normalized spacial score (nSPS) is 10.0. The highest BCUT2D eigenvalue weighted by Crippen LogP contribution is 2.33. The van der Waals surface area contributed by atoms with Crippen LogP contribution in [-0.2, 0) is 6.42 Å². The topological polar surface area (TPSA) is 49.7 Å². The molecule has 0 heterocycles. The summed E-state index contributed by atoms with van der Waals surface area (Å²) in [5, 5.41) is 18.7. The lowest BCUT2D eigenvalue weighted by atomic mass is 10.1. The minimum atomic E-state index is 0.0224. The van der Waals surface area contributed by atoms with Crippen LogP contribution < -0.4 is 4.74 Å². The fraction of sp³-hybridized carbons (Fsp3) is 0.400. The van der Waals surface area contributed by atoms with Crippen molar-refractivity contribution >= 4 is 0 Å². The zero-order chi connectivity index (χ0) is 9.84. The van der Waals surface area contributed by atoms with Crippen molar-refractivity contribution in [1.82, 2.24) is 0 Å². The highest BCUT2D eigenvalue weighted by atomic mass is 16.5. The number of hydrogen-bond acceptors (Lipinski definition) is 3. The van der Waals surface area contributed by atoms with Gasteiger partial charge in [0.15, 0.2) is 0 Å². The standard InChI is InChI=1S/C10H14O3/c1-3-4-8-9(12)5-7(11)6-10(8)13-2/h5-6,11-12H,3-4H2,1-2H3. The Kier molecular flexibility index (Phi) is 3.01. The summed E-state index contributed by atoms with van der Waals surface area (Å²) in [5.74, 6) is 0.659. The number of ether oxygens (including phenoxy) is 1. The quantitative estimate of drug-likeness (QED) is 0.752. The van der Waals surface area contributed by atoms with E-state index in [1.807, 2.05) is 6.92 Å². The molecule has 0 radical (unpaired) electrons. The van der Waals surface area contributed by atoms with Crippen LogP contribution in [0.5, 0.6) is 17.2 Å². The Hall–Kier alpha value is -1.38. The minimum Gasteiger partial charge on any atom is -0.508 e. The van der Waals surface area contributed by atoms with Crippen LogP contribution in [-0.4, -0.2) is 17.3 Å². The maximum atomic E-state index is 9.49. The van der Waals surface area contributed by atoms with Crippen LogP contribution >= 0.6 is 0 Å². The molecule has 72 valence electrons. The van der Waals surface area contributed by atoms with Crippen molar-refractivity contribution in [2.45, 2.75) is 19.8 Å². The van der Waals surface area contributed by atoms with E-state index in [9.17, 15) is 10.2 Å². The maximum absolute atomic E-state index is 9.49. The summed E-state index contributed by atoms with van der Waals surface area (Å²) in [5.41, 5.74) is 0.753. The first kappa shape index (κ1) is 9.71. The van der Waals surface area contributed by atoms with Gasteiger partial charge in [0.05, 0.1) is 7.11 Å². The molecule has 3 heteroatoms. The number of phenols is 2. The first-order chi connectivity index (χ1) is 6.19. The van der Waals surface area contributed by atoms with Gasteiger partial charge < -0.3 is 14.9 Å². The molecule has 0 fully saturated rings. The summed E-state index contributed by atoms with van der Waals surface area (Å²) in [7, 11) is 1.52. The van der Waals surface area contributed by atoms with E-state index in [-0.39, 0.29) is 11.5 Å². The van der Waals surface area contributed by atoms with E-state index in [0.29, 0.717) is 5.75 Å². The molecule has 0 aliphatic rings. The second-order valence-corrected chi connectivity index (χ2v) is 2.90. The second kappa shape index (κ2) is 4.03. The molecule has 13 heavy (non-hydrogen) atoms. The fourth-order valence-corrected chi connectivity index (χ4v) is 1.30. The third-order valence-electron chi connectivity index (χ3n) is 1.89. The third-order valence-corrected chi connectivity index (χ3v) is 1.89. The highest BCUT2D eigenvalue weighted by molar-refractivity contribution is 5.49. The van der Waals surface area contributed by atoms with Gasteiger partial charge in [0, 0.05) is 17.7 Å². The monoisotopic (exact) mass is 182 g/mol. The van der Waals surface area contributed by atoms with Gasteiger partial charge in [-0.25, -0.2) is 0 Å². The summed E-state index contributed by atoms with van der Waals surface area (Å²) in [4.78, 5) is 0. The summed E-state index contributed by atoms with van der Waals surface area (Å²) >= 11 is 0. The number of phenolic OH excluding ortho intramolecular Hbond substituents is 2. The number of benzene rings is 1. The van der Waals surface area contributed by atoms with Crippen LogP contribution in [0.1, 0.15) is 18.9 Å². The lowest BCUT2D eigenvalue weighted by molar-refractivity contribution is 0.390. The zero-order valence-electron chi connectivity index (χ0n) is 7.87. The molecule has 0 atom stereocenters. The fourth-order valence-electron chi connectivity index (χ4n) is 1.30. The molecular weight excluding hydrogens is 168 g/mol. The summed E-state index contributed by atoms with van der Waals surface area (Å²) in [6, 6.07) is 2.83. The Balaban J connectivity index is 3.13. The average molecular weight is 182 g/mol. The van der Waals surface area contributed by atoms with Crippen molar-refractivity contribution in [2.75, 3.05) is 7.11 Å². The smallest absolute Gasteiger partial charge is 0.129 e. The van der Waals surface area contributed by atoms with Crippen LogP contribution in [0, 0.1) is 0 Å². The Morgan fingerprint density at radius 3 is 2.54 bits per heavy atom. The van der Waals surface area contributed by atoms with Gasteiger partial charge in [-0.3, -0.25) is 0 Å². The van der Waals surface area contributed by atoms with Crippen molar-refractivity contribution < 1.29 is 14.9 Å². The van der Waals surface area contributed by atoms with E-state index in [2.05, 4.69) is 0 Å². The molecule has 0 aliphatic carbocycles. The largest absolute Gasteiger partial charge is 0.508 e. The van der Waals surface area contributed by atoms with Crippen molar-refractivity contribution in [2.24, 2.45) is 0 Å². The van der Waals surface area contributed by atoms with Crippen LogP contribution in [0.3, 0.4) is 0 Å². The van der Waals surface area contributed by atoms with Gasteiger partial charge in [-0.15, -0.1) is 0 Å². The van der Waals surface area contributed by atoms with E-state index in [0.717, 1.165) is 18.4 Å². The van der Waals surface area contributed by atoms with Crippen molar-refractivity contribution in [3.05, 3.63) is 17.7 Å². The van der Waals surface area contributed by atoms with Crippen LogP contribution in [0.4, 0.5) is 0 Å². The zero-order valence-corrected chi connectivity index (χ0v) is 7.87. The molecule has 0 saturated carbocycles. The molecule has 3 nitrogen and oxygen atoms in total. The molecule has 0 amide bonds. The van der Waals surface area contributed by atoms with Crippen LogP contribution in [0.15, 0.2) is 12.1 Å². The number of aromatic hydroxyl groups is 2. The van der Waals surface area contributed by atoms with E-state index in [1.54, 1.807) is 0 Å². The number of hydrogen-bond donors (Lipinski definition) is 2. The maximum Gasteiger partial charge on any atom is 0.129 e. The summed E-state index contributed by atoms with van der Waals surface area (Å²) < 4.78 is 5.04. The van der Waals surface area contributed by atoms with Gasteiger partial charge in [0.2, 0.25) is 0 Å². The molecule has 2 N–H and O–H groups in total. The predicted molar refractivity (Wildman–Crippen MR) is 50.3 cm³/mol. The van der Waals surface area contributed by atoms with Crippen molar-refractivity contribution in [1.29, 1.82) is 0 Å². The first-order valence-electron chi connectivity index (χ1n) is 4.27. The Morgan fingerprint density at radius 1 is 1.31 bits per heavy atom. The highest BCUT2D eigenvalue weighted by Gasteiger charge is 2.09. The van der Waals surface area contributed by atoms with Gasteiger partial charge in [-0.05, 0) is 6.42 Å². The second-order valence-electron chi connectivity index (χ2n) is 2.90. The van der Waals surface area contributed by atoms with Gasteiger partial charge in [-0.1, -0.05) is 13.3 Å². The Labute approximate surface area is 77.6 Å². The molecule has 1 aromatic rings. The predicted octanol–water partition coefficient (Wildman–Crippen LogP) is 2.06. The van der Waals surface area contributed by atoms with Crippen molar-refractivity contribution in [3.8, 4) is 17.2 Å². The first-order valence-corrected chi connectivity index (χ1v) is 4.27. The van der Waals surface area contributed by atoms with Gasteiger partial charge in [-0.2, -0.15) is 0 Å². The molecule has 1 aromatic carbocycles. The van der Waals surface area contributed by atoms with Crippen molar-refractivity contribution in [3.63, 3.8) is 0 Å². The van der Waals surface area contributed by atoms with E-state index < -0.39 is 0 Å². The molecule has 0 aliphatic heterocycles. The summed E-state index contributed by atoms with van der Waals surface area (Å²) in [6.45, 7) is 2.02. The molecule has 0 bridgehead atoms. The molecule has 0 unspecified atom stereocenters. The lowest BCUT2D eigenvalue weighted by Gasteiger charge is -2.09. The summed E-state index contributed by atoms with van der Waals surface area (Å²) in [6.07, 6.45) is 1.67. The van der Waals surface area contributed by atoms with Gasteiger partial charge >= 0.3 is 0 Å². The SMILES string of the molecule is CCCc1c(O)cc(O)cc1OC. The Bertz CT molecular complexity index is 294. The molecule has 1 rings (SSSR count). The molecule has 0 saturated heterocycles. The number of methoxy groups -OCH3 is 1. The van der Waals surface area contributed by atoms with E-state index in [1.165, 1.54) is 19.2 Å². The van der Waals surface area contributed by atoms with E-state index >= 15 is 0 Å². The minimum absolute atomic E-state index is 0.0224. The Morgan fingerprint density at radius 2 is 2.00 bits per heavy atom. The molecule has 0 spiro atoms. The van der Waals surface area contributed by atoms with Crippen LogP contribution in [0.25, 0.3) is 0 Å². The van der Waals surface area contributed by atoms with Gasteiger partial charge in [0.25, 0.3) is 0 Å². The lowest BCUT2D eigenvalue weighted by Crippen LogP contribution is -1.92. The third kappa shape index (κ3) is 2.05. The van der Waals surface area contributed by atoms with Gasteiger partial charge in [0.1, 0.15) is 17.2 Å². The average Bonchev–Trinajstić information content (AvgIpc) is 2.09. The van der Waals surface area contributed by atoms with Crippen LogP contribution in [0.2, 0.25) is 0 Å². The number of rotatable bonds is 3. The molecular formula is C10H14O3. The molecule has 0 aromatic heterocycles.